The molecule has 2 aromatic rings. The number of carbonyl (C=O) groups is 2. The third kappa shape index (κ3) is 4.03. The van der Waals surface area contributed by atoms with E-state index in [1.54, 1.807) is 36.1 Å². The van der Waals surface area contributed by atoms with Gasteiger partial charge in [0.05, 0.1) is 17.3 Å². The zero-order chi connectivity index (χ0) is 17.8. The van der Waals surface area contributed by atoms with Crippen molar-refractivity contribution in [1.29, 1.82) is 0 Å². The lowest BCUT2D eigenvalue weighted by atomic mass is 10.2. The summed E-state index contributed by atoms with van der Waals surface area (Å²) in [6.07, 6.45) is -0.360. The molecule has 2 N–H and O–H groups in total. The van der Waals surface area contributed by atoms with Crippen molar-refractivity contribution < 1.29 is 14.3 Å². The Morgan fingerprint density at radius 3 is 2.76 bits per heavy atom. The van der Waals surface area contributed by atoms with E-state index < -0.39 is 6.04 Å². The van der Waals surface area contributed by atoms with Crippen LogP contribution in [-0.4, -0.2) is 31.2 Å². The first-order valence-corrected chi connectivity index (χ1v) is 8.28. The van der Waals surface area contributed by atoms with Crippen LogP contribution < -0.4 is 15.5 Å². The fourth-order valence-electron chi connectivity index (χ4n) is 2.51. The number of nitrogens with zero attached hydrogens (tertiary/aromatic N) is 1. The van der Waals surface area contributed by atoms with Gasteiger partial charge in [0.2, 0.25) is 5.91 Å². The second-order valence-corrected chi connectivity index (χ2v) is 6.06. The van der Waals surface area contributed by atoms with Crippen LogP contribution in [0.1, 0.15) is 6.92 Å². The van der Waals surface area contributed by atoms with E-state index >= 15 is 0 Å². The standard InChI is InChI=1S/C18H18ClN3O3/c1-12(17(23)21-16-8-3-2-7-15(16)19)20-13-5-4-6-14(11-13)22-9-10-25-18(22)24/h2-8,11-12,20H,9-10H2,1H3,(H,21,23). The number of amides is 2. The minimum absolute atomic E-state index is 0.209. The quantitative estimate of drug-likeness (QED) is 0.853. The van der Waals surface area contributed by atoms with Gasteiger partial charge in [0.15, 0.2) is 0 Å². The van der Waals surface area contributed by atoms with Crippen LogP contribution in [0.3, 0.4) is 0 Å². The molecule has 6 nitrogen and oxygen atoms in total. The molecule has 1 saturated heterocycles. The number of hydrogen-bond donors (Lipinski definition) is 2. The maximum atomic E-state index is 12.3. The van der Waals surface area contributed by atoms with Crippen molar-refractivity contribution in [2.45, 2.75) is 13.0 Å². The molecule has 2 amide bonds. The molecule has 1 unspecified atom stereocenters. The van der Waals surface area contributed by atoms with E-state index in [0.29, 0.717) is 23.9 Å². The van der Waals surface area contributed by atoms with Gasteiger partial charge in [-0.05, 0) is 37.3 Å². The lowest BCUT2D eigenvalue weighted by Gasteiger charge is -2.18. The predicted molar refractivity (Wildman–Crippen MR) is 98.3 cm³/mol. The summed E-state index contributed by atoms with van der Waals surface area (Å²) in [5.74, 6) is -0.209. The van der Waals surface area contributed by atoms with Gasteiger partial charge in [-0.1, -0.05) is 29.8 Å². The van der Waals surface area contributed by atoms with E-state index in [2.05, 4.69) is 10.6 Å². The minimum atomic E-state index is -0.489. The summed E-state index contributed by atoms with van der Waals surface area (Å²) >= 11 is 6.06. The Labute approximate surface area is 150 Å². The normalized spacial score (nSPS) is 14.8. The number of ether oxygens (including phenoxy) is 1. The Bertz CT molecular complexity index is 797. The van der Waals surface area contributed by atoms with E-state index in [-0.39, 0.29) is 12.0 Å². The first kappa shape index (κ1) is 17.1. The summed E-state index contributed by atoms with van der Waals surface area (Å²) in [6, 6.07) is 13.9. The van der Waals surface area contributed by atoms with Crippen LogP contribution in [0.25, 0.3) is 0 Å². The van der Waals surface area contributed by atoms with Crippen molar-refractivity contribution in [3.05, 3.63) is 53.6 Å². The van der Waals surface area contributed by atoms with Crippen molar-refractivity contribution in [2.75, 3.05) is 28.7 Å². The third-order valence-electron chi connectivity index (χ3n) is 3.83. The van der Waals surface area contributed by atoms with Gasteiger partial charge in [0.1, 0.15) is 12.6 Å². The number of cyclic esters (lactones) is 1. The Morgan fingerprint density at radius 1 is 1.24 bits per heavy atom. The van der Waals surface area contributed by atoms with Crippen LogP contribution in [0.5, 0.6) is 0 Å². The van der Waals surface area contributed by atoms with Crippen LogP contribution >= 0.6 is 11.6 Å². The molecule has 0 aliphatic carbocycles. The molecule has 3 rings (SSSR count). The molecule has 1 fully saturated rings. The van der Waals surface area contributed by atoms with Crippen molar-refractivity contribution in [3.63, 3.8) is 0 Å². The smallest absolute Gasteiger partial charge is 0.414 e. The molecule has 1 heterocycles. The Balaban J connectivity index is 1.66. The highest BCUT2D eigenvalue weighted by Gasteiger charge is 2.23. The number of hydrogen-bond acceptors (Lipinski definition) is 4. The highest BCUT2D eigenvalue weighted by Crippen LogP contribution is 2.24. The Morgan fingerprint density at radius 2 is 2.04 bits per heavy atom. The van der Waals surface area contributed by atoms with E-state index in [4.69, 9.17) is 16.3 Å². The van der Waals surface area contributed by atoms with Crippen molar-refractivity contribution in [3.8, 4) is 0 Å². The summed E-state index contributed by atoms with van der Waals surface area (Å²) < 4.78 is 4.95. The SMILES string of the molecule is CC(Nc1cccc(N2CCOC2=O)c1)C(=O)Nc1ccccc1Cl. The van der Waals surface area contributed by atoms with E-state index in [9.17, 15) is 9.59 Å². The Hall–Kier alpha value is -2.73. The zero-order valence-corrected chi connectivity index (χ0v) is 14.4. The molecule has 2 aromatic carbocycles. The van der Waals surface area contributed by atoms with Gasteiger partial charge in [-0.25, -0.2) is 4.79 Å². The molecule has 0 spiro atoms. The molecular weight excluding hydrogens is 342 g/mol. The van der Waals surface area contributed by atoms with E-state index in [1.165, 1.54) is 0 Å². The van der Waals surface area contributed by atoms with Crippen LogP contribution in [0, 0.1) is 0 Å². The van der Waals surface area contributed by atoms with Crippen LogP contribution in [-0.2, 0) is 9.53 Å². The maximum Gasteiger partial charge on any atom is 0.414 e. The number of benzene rings is 2. The molecule has 0 radical (unpaired) electrons. The van der Waals surface area contributed by atoms with Gasteiger partial charge in [0, 0.05) is 11.4 Å². The predicted octanol–water partition coefficient (Wildman–Crippen LogP) is 3.74. The second-order valence-electron chi connectivity index (χ2n) is 5.65. The molecule has 7 heteroatoms. The summed E-state index contributed by atoms with van der Waals surface area (Å²) in [4.78, 5) is 25.6. The lowest BCUT2D eigenvalue weighted by molar-refractivity contribution is -0.116. The summed E-state index contributed by atoms with van der Waals surface area (Å²) in [6.45, 7) is 2.65. The first-order chi connectivity index (χ1) is 12.0. The van der Waals surface area contributed by atoms with Crippen molar-refractivity contribution >= 4 is 40.7 Å². The molecule has 25 heavy (non-hydrogen) atoms. The van der Waals surface area contributed by atoms with Crippen LogP contribution in [0.2, 0.25) is 5.02 Å². The van der Waals surface area contributed by atoms with Gasteiger partial charge in [-0.15, -0.1) is 0 Å². The molecule has 0 bridgehead atoms. The van der Waals surface area contributed by atoms with Crippen molar-refractivity contribution in [2.24, 2.45) is 0 Å². The topological polar surface area (TPSA) is 70.7 Å². The molecule has 1 aliphatic rings. The molecule has 0 aromatic heterocycles. The monoisotopic (exact) mass is 359 g/mol. The number of nitrogens with one attached hydrogen (secondary N) is 2. The highest BCUT2D eigenvalue weighted by molar-refractivity contribution is 6.33. The third-order valence-corrected chi connectivity index (χ3v) is 4.16. The number of carbonyl (C=O) groups excluding carboxylic acids is 2. The number of halogens is 1. The maximum absolute atomic E-state index is 12.3. The zero-order valence-electron chi connectivity index (χ0n) is 13.7. The van der Waals surface area contributed by atoms with Gasteiger partial charge in [0.25, 0.3) is 0 Å². The Kier molecular flexibility index (Phi) is 5.09. The summed E-state index contributed by atoms with van der Waals surface area (Å²) in [5.41, 5.74) is 2.03. The fourth-order valence-corrected chi connectivity index (χ4v) is 2.69. The van der Waals surface area contributed by atoms with Crippen LogP contribution in [0.4, 0.5) is 21.9 Å². The number of rotatable bonds is 5. The average molecular weight is 360 g/mol. The summed E-state index contributed by atoms with van der Waals surface area (Å²) in [5, 5.41) is 6.40. The number of para-hydroxylation sites is 1. The van der Waals surface area contributed by atoms with Gasteiger partial charge in [-0.2, -0.15) is 0 Å². The second kappa shape index (κ2) is 7.44. The van der Waals surface area contributed by atoms with Crippen LogP contribution in [0.15, 0.2) is 48.5 Å². The molecule has 0 saturated carbocycles. The summed E-state index contributed by atoms with van der Waals surface area (Å²) in [7, 11) is 0. The fraction of sp³-hybridized carbons (Fsp3) is 0.222. The molecular formula is C18H18ClN3O3. The van der Waals surface area contributed by atoms with E-state index in [0.717, 1.165) is 11.4 Å². The van der Waals surface area contributed by atoms with Gasteiger partial charge >= 0.3 is 6.09 Å². The number of anilines is 3. The molecule has 1 aliphatic heterocycles. The molecule has 1 atom stereocenters. The van der Waals surface area contributed by atoms with E-state index in [1.807, 2.05) is 24.3 Å². The van der Waals surface area contributed by atoms with Gasteiger partial charge in [-0.3, -0.25) is 9.69 Å². The lowest BCUT2D eigenvalue weighted by Crippen LogP contribution is -2.32. The molecule has 130 valence electrons. The minimum Gasteiger partial charge on any atom is -0.447 e. The largest absolute Gasteiger partial charge is 0.447 e. The average Bonchev–Trinajstić information content (AvgIpc) is 3.03. The van der Waals surface area contributed by atoms with Crippen molar-refractivity contribution in [1.82, 2.24) is 0 Å². The highest BCUT2D eigenvalue weighted by atomic mass is 35.5. The first-order valence-electron chi connectivity index (χ1n) is 7.91. The van der Waals surface area contributed by atoms with Gasteiger partial charge < -0.3 is 15.4 Å².